The standard InChI is InChI=1S/C9H5BrINO/c1-5(13)6-2-3-8(10)7(4-12)9(6)11/h2-3H,1H3. The van der Waals surface area contributed by atoms with Crippen LogP contribution in [-0.2, 0) is 0 Å². The SMILES string of the molecule is CC(=O)c1ccc(Br)c(C#N)c1I. The zero-order chi connectivity index (χ0) is 10.0. The fourth-order valence-corrected chi connectivity index (χ4v) is 2.69. The lowest BCUT2D eigenvalue weighted by molar-refractivity contribution is 0.101. The van der Waals surface area contributed by atoms with Crippen molar-refractivity contribution in [3.63, 3.8) is 0 Å². The summed E-state index contributed by atoms with van der Waals surface area (Å²) in [7, 11) is 0. The molecule has 0 aliphatic heterocycles. The predicted molar refractivity (Wildman–Crippen MR) is 61.6 cm³/mol. The van der Waals surface area contributed by atoms with Gasteiger partial charge in [0.05, 0.1) is 5.56 Å². The Hall–Kier alpha value is -0.410. The third-order valence-electron chi connectivity index (χ3n) is 1.58. The van der Waals surface area contributed by atoms with Crippen molar-refractivity contribution in [2.75, 3.05) is 0 Å². The van der Waals surface area contributed by atoms with Crippen molar-refractivity contribution in [2.24, 2.45) is 0 Å². The molecule has 0 N–H and O–H groups in total. The summed E-state index contributed by atoms with van der Waals surface area (Å²) in [5.74, 6) is -0.0200. The number of carbonyl (C=O) groups is 1. The van der Waals surface area contributed by atoms with E-state index in [1.165, 1.54) is 6.92 Å². The van der Waals surface area contributed by atoms with E-state index in [0.29, 0.717) is 14.7 Å². The fraction of sp³-hybridized carbons (Fsp3) is 0.111. The molecule has 0 radical (unpaired) electrons. The van der Waals surface area contributed by atoms with Crippen LogP contribution < -0.4 is 0 Å². The number of halogens is 2. The minimum Gasteiger partial charge on any atom is -0.294 e. The van der Waals surface area contributed by atoms with Gasteiger partial charge < -0.3 is 0 Å². The van der Waals surface area contributed by atoms with Gasteiger partial charge in [-0.2, -0.15) is 5.26 Å². The van der Waals surface area contributed by atoms with Crippen LogP contribution in [0.5, 0.6) is 0 Å². The molecule has 13 heavy (non-hydrogen) atoms. The number of benzene rings is 1. The maximum Gasteiger partial charge on any atom is 0.160 e. The summed E-state index contributed by atoms with van der Waals surface area (Å²) in [6, 6.07) is 5.49. The first-order valence-corrected chi connectivity index (χ1v) is 5.34. The molecule has 2 nitrogen and oxygen atoms in total. The van der Waals surface area contributed by atoms with Gasteiger partial charge in [-0.15, -0.1) is 0 Å². The van der Waals surface area contributed by atoms with Crippen LogP contribution in [0.1, 0.15) is 22.8 Å². The Balaban J connectivity index is 3.47. The van der Waals surface area contributed by atoms with E-state index in [2.05, 4.69) is 22.0 Å². The summed E-state index contributed by atoms with van der Waals surface area (Å²) < 4.78 is 1.44. The van der Waals surface area contributed by atoms with E-state index in [9.17, 15) is 4.79 Å². The number of nitrogens with zero attached hydrogens (tertiary/aromatic N) is 1. The van der Waals surface area contributed by atoms with Gasteiger partial charge in [-0.05, 0) is 57.6 Å². The van der Waals surface area contributed by atoms with Crippen molar-refractivity contribution in [1.29, 1.82) is 5.26 Å². The number of rotatable bonds is 1. The summed E-state index contributed by atoms with van der Waals surface area (Å²) in [5, 5.41) is 8.81. The van der Waals surface area contributed by atoms with Gasteiger partial charge >= 0.3 is 0 Å². The minimum atomic E-state index is -0.0200. The number of carbonyl (C=O) groups excluding carboxylic acids is 1. The number of ketones is 1. The molecule has 0 heterocycles. The van der Waals surface area contributed by atoms with E-state index < -0.39 is 0 Å². The lowest BCUT2D eigenvalue weighted by Gasteiger charge is -2.03. The molecule has 0 aliphatic rings. The Morgan fingerprint density at radius 3 is 2.69 bits per heavy atom. The predicted octanol–water partition coefficient (Wildman–Crippen LogP) is 3.13. The maximum absolute atomic E-state index is 11.1. The van der Waals surface area contributed by atoms with Crippen molar-refractivity contribution in [2.45, 2.75) is 6.92 Å². The Labute approximate surface area is 98.2 Å². The van der Waals surface area contributed by atoms with Crippen LogP contribution in [0.4, 0.5) is 0 Å². The second-order valence-electron chi connectivity index (χ2n) is 2.45. The molecule has 1 aromatic carbocycles. The Morgan fingerprint density at radius 1 is 1.62 bits per heavy atom. The van der Waals surface area contributed by atoms with Crippen molar-refractivity contribution < 1.29 is 4.79 Å². The number of Topliss-reactive ketones (excluding diaryl/α,β-unsaturated/α-hetero) is 1. The topological polar surface area (TPSA) is 40.9 Å². The highest BCUT2D eigenvalue weighted by Crippen LogP contribution is 2.25. The highest BCUT2D eigenvalue weighted by atomic mass is 127. The molecular weight excluding hydrogens is 345 g/mol. The van der Waals surface area contributed by atoms with Crippen LogP contribution in [0, 0.1) is 14.9 Å². The highest BCUT2D eigenvalue weighted by molar-refractivity contribution is 14.1. The average Bonchev–Trinajstić information content (AvgIpc) is 2.04. The van der Waals surface area contributed by atoms with Crippen molar-refractivity contribution in [1.82, 2.24) is 0 Å². The van der Waals surface area contributed by atoms with Crippen molar-refractivity contribution >= 4 is 44.3 Å². The summed E-state index contributed by atoms with van der Waals surface area (Å²) >= 11 is 5.26. The van der Waals surface area contributed by atoms with Crippen LogP contribution in [0.3, 0.4) is 0 Å². The van der Waals surface area contributed by atoms with Crippen LogP contribution >= 0.6 is 38.5 Å². The van der Waals surface area contributed by atoms with Gasteiger partial charge in [0.25, 0.3) is 0 Å². The van der Waals surface area contributed by atoms with E-state index in [4.69, 9.17) is 5.26 Å². The first-order chi connectivity index (χ1) is 6.07. The zero-order valence-electron chi connectivity index (χ0n) is 6.77. The molecule has 66 valence electrons. The average molecular weight is 350 g/mol. The largest absolute Gasteiger partial charge is 0.294 e. The van der Waals surface area contributed by atoms with Crippen LogP contribution in [0.2, 0.25) is 0 Å². The zero-order valence-corrected chi connectivity index (χ0v) is 10.5. The summed E-state index contributed by atoms with van der Waals surface area (Å²) in [6.45, 7) is 1.49. The third-order valence-corrected chi connectivity index (χ3v) is 3.36. The monoisotopic (exact) mass is 349 g/mol. The Kier molecular flexibility index (Phi) is 3.45. The molecular formula is C9H5BrINO. The molecule has 4 heteroatoms. The molecule has 0 aliphatic carbocycles. The van der Waals surface area contributed by atoms with Gasteiger partial charge in [0.15, 0.2) is 5.78 Å². The van der Waals surface area contributed by atoms with Gasteiger partial charge in [-0.25, -0.2) is 0 Å². The molecule has 1 rings (SSSR count). The molecule has 0 bridgehead atoms. The van der Waals surface area contributed by atoms with Crippen molar-refractivity contribution in [3.8, 4) is 6.07 Å². The third kappa shape index (κ3) is 2.09. The number of nitriles is 1. The number of hydrogen-bond donors (Lipinski definition) is 0. The second-order valence-corrected chi connectivity index (χ2v) is 4.39. The van der Waals surface area contributed by atoms with E-state index in [-0.39, 0.29) is 5.78 Å². The van der Waals surface area contributed by atoms with Crippen LogP contribution in [0.15, 0.2) is 16.6 Å². The van der Waals surface area contributed by atoms with Gasteiger partial charge in [0, 0.05) is 13.6 Å². The molecule has 0 fully saturated rings. The van der Waals surface area contributed by atoms with Crippen LogP contribution in [-0.4, -0.2) is 5.78 Å². The Morgan fingerprint density at radius 2 is 2.23 bits per heavy atom. The molecule has 0 aromatic heterocycles. The molecule has 0 saturated heterocycles. The fourth-order valence-electron chi connectivity index (χ4n) is 0.927. The van der Waals surface area contributed by atoms with E-state index >= 15 is 0 Å². The maximum atomic E-state index is 11.1. The van der Waals surface area contributed by atoms with Gasteiger partial charge in [-0.1, -0.05) is 0 Å². The van der Waals surface area contributed by atoms with Crippen molar-refractivity contribution in [3.05, 3.63) is 31.3 Å². The van der Waals surface area contributed by atoms with Gasteiger partial charge in [-0.3, -0.25) is 4.79 Å². The Bertz CT molecular complexity index is 409. The first-order valence-electron chi connectivity index (χ1n) is 3.47. The van der Waals surface area contributed by atoms with E-state index in [1.807, 2.05) is 22.6 Å². The summed E-state index contributed by atoms with van der Waals surface area (Å²) in [5.41, 5.74) is 1.12. The lowest BCUT2D eigenvalue weighted by Crippen LogP contribution is -1.98. The molecule has 0 unspecified atom stereocenters. The van der Waals surface area contributed by atoms with Gasteiger partial charge in [0.1, 0.15) is 6.07 Å². The molecule has 0 saturated carbocycles. The highest BCUT2D eigenvalue weighted by Gasteiger charge is 2.11. The van der Waals surface area contributed by atoms with E-state index in [0.717, 1.165) is 4.47 Å². The minimum absolute atomic E-state index is 0.0200. The normalized spacial score (nSPS) is 9.38. The van der Waals surface area contributed by atoms with Gasteiger partial charge in [0.2, 0.25) is 0 Å². The summed E-state index contributed by atoms with van der Waals surface area (Å²) in [4.78, 5) is 11.1. The molecule has 0 atom stereocenters. The second kappa shape index (κ2) is 4.20. The molecule has 0 amide bonds. The lowest BCUT2D eigenvalue weighted by atomic mass is 10.1. The molecule has 0 spiro atoms. The molecule has 1 aromatic rings. The quantitative estimate of drug-likeness (QED) is 0.577. The smallest absolute Gasteiger partial charge is 0.160 e. The summed E-state index contributed by atoms with van der Waals surface area (Å²) in [6.07, 6.45) is 0. The number of hydrogen-bond acceptors (Lipinski definition) is 2. The first kappa shape index (κ1) is 10.7. The van der Waals surface area contributed by atoms with Crippen LogP contribution in [0.25, 0.3) is 0 Å². The van der Waals surface area contributed by atoms with E-state index in [1.54, 1.807) is 12.1 Å².